The zero-order valence-electron chi connectivity index (χ0n) is 5.20. The van der Waals surface area contributed by atoms with E-state index in [2.05, 4.69) is 33.3 Å². The molecule has 58 valence electrons. The number of ether oxygens (including phenoxy) is 1. The fourth-order valence-electron chi connectivity index (χ4n) is 0.224. The van der Waals surface area contributed by atoms with Crippen LogP contribution in [-0.4, -0.2) is 28.8 Å². The van der Waals surface area contributed by atoms with Crippen molar-refractivity contribution in [3.05, 3.63) is 0 Å². The average Bonchev–Trinajstić information content (AvgIpc) is 1.87. The molecule has 0 aromatic rings. The van der Waals surface area contributed by atoms with Gasteiger partial charge in [-0.15, -0.1) is 12.6 Å². The zero-order valence-corrected chi connectivity index (χ0v) is 7.68. The number of thiol groups is 1. The van der Waals surface area contributed by atoms with Gasteiger partial charge in [-0.2, -0.15) is 0 Å². The summed E-state index contributed by atoms with van der Waals surface area (Å²) < 4.78 is 4.37. The van der Waals surface area contributed by atoms with Crippen LogP contribution in [0.1, 0.15) is 0 Å². The molecule has 0 aromatic carbocycles. The second kappa shape index (κ2) is 4.56. The lowest BCUT2D eigenvalue weighted by Crippen LogP contribution is -2.28. The summed E-state index contributed by atoms with van der Waals surface area (Å²) in [6.45, 7) is 0. The standard InChI is InChI=1S/C4H6BrNO3S/c1-6(3(5)7)4(8)9-2-10/h10H,2H2,1H3. The van der Waals surface area contributed by atoms with Gasteiger partial charge in [-0.1, -0.05) is 0 Å². The Labute approximate surface area is 72.1 Å². The van der Waals surface area contributed by atoms with E-state index in [1.54, 1.807) is 0 Å². The number of nitrogens with zero attached hydrogens (tertiary/aromatic N) is 1. The largest absolute Gasteiger partial charge is 0.438 e. The molecule has 4 nitrogen and oxygen atoms in total. The highest BCUT2D eigenvalue weighted by Crippen LogP contribution is 1.98. The molecule has 0 aliphatic rings. The number of rotatable bonds is 1. The Kier molecular flexibility index (Phi) is 4.46. The SMILES string of the molecule is CN(C(=O)Br)C(=O)OCS. The van der Waals surface area contributed by atoms with Crippen molar-refractivity contribution < 1.29 is 14.3 Å². The summed E-state index contributed by atoms with van der Waals surface area (Å²) in [5.74, 6) is -0.0382. The first kappa shape index (κ1) is 9.77. The van der Waals surface area contributed by atoms with Crippen molar-refractivity contribution in [1.82, 2.24) is 4.90 Å². The van der Waals surface area contributed by atoms with Crippen molar-refractivity contribution in [1.29, 1.82) is 0 Å². The third kappa shape index (κ3) is 3.07. The van der Waals surface area contributed by atoms with Crippen molar-refractivity contribution in [3.8, 4) is 0 Å². The van der Waals surface area contributed by atoms with Crippen molar-refractivity contribution in [2.45, 2.75) is 0 Å². The highest BCUT2D eigenvalue weighted by atomic mass is 79.9. The summed E-state index contributed by atoms with van der Waals surface area (Å²) >= 11 is 6.20. The summed E-state index contributed by atoms with van der Waals surface area (Å²) in [7, 11) is 1.29. The topological polar surface area (TPSA) is 46.6 Å². The lowest BCUT2D eigenvalue weighted by Gasteiger charge is -2.09. The fraction of sp³-hybridized carbons (Fsp3) is 0.500. The lowest BCUT2D eigenvalue weighted by molar-refractivity contribution is 0.139. The van der Waals surface area contributed by atoms with Gasteiger partial charge in [0.05, 0.1) is 0 Å². The molecule has 0 unspecified atom stereocenters. The molecule has 0 saturated carbocycles. The van der Waals surface area contributed by atoms with Crippen LogP contribution in [-0.2, 0) is 4.74 Å². The summed E-state index contributed by atoms with van der Waals surface area (Å²) in [4.78, 5) is 21.2. The van der Waals surface area contributed by atoms with Gasteiger partial charge in [0.15, 0.2) is 0 Å². The zero-order chi connectivity index (χ0) is 8.15. The highest BCUT2D eigenvalue weighted by molar-refractivity contribution is 9.18. The van der Waals surface area contributed by atoms with E-state index in [9.17, 15) is 9.59 Å². The molecule has 0 N–H and O–H groups in total. The molecule has 0 spiro atoms. The first-order chi connectivity index (χ1) is 4.59. The third-order valence-electron chi connectivity index (χ3n) is 0.726. The molecule has 0 fully saturated rings. The van der Waals surface area contributed by atoms with Gasteiger partial charge < -0.3 is 4.74 Å². The molecule has 0 rings (SSSR count). The van der Waals surface area contributed by atoms with E-state index in [0.29, 0.717) is 0 Å². The van der Waals surface area contributed by atoms with Gasteiger partial charge in [-0.3, -0.25) is 4.79 Å². The molecule has 0 aliphatic heterocycles. The van der Waals surface area contributed by atoms with Crippen LogP contribution in [0.3, 0.4) is 0 Å². The van der Waals surface area contributed by atoms with Gasteiger partial charge in [0.2, 0.25) is 0 Å². The second-order valence-electron chi connectivity index (χ2n) is 1.35. The van der Waals surface area contributed by atoms with E-state index in [0.717, 1.165) is 4.90 Å². The van der Waals surface area contributed by atoms with Crippen LogP contribution in [0, 0.1) is 0 Å². The van der Waals surface area contributed by atoms with Gasteiger partial charge in [0.1, 0.15) is 5.94 Å². The van der Waals surface area contributed by atoms with E-state index in [1.807, 2.05) is 0 Å². The van der Waals surface area contributed by atoms with Gasteiger partial charge in [-0.25, -0.2) is 9.69 Å². The minimum absolute atomic E-state index is 0.0382. The molecule has 10 heavy (non-hydrogen) atoms. The van der Waals surface area contributed by atoms with Crippen molar-refractivity contribution in [2.75, 3.05) is 13.0 Å². The van der Waals surface area contributed by atoms with Crippen LogP contribution < -0.4 is 0 Å². The van der Waals surface area contributed by atoms with Gasteiger partial charge >= 0.3 is 6.09 Å². The molecule has 0 heterocycles. The number of amides is 2. The Morgan fingerprint density at radius 1 is 1.70 bits per heavy atom. The van der Waals surface area contributed by atoms with Crippen molar-refractivity contribution >= 4 is 39.5 Å². The Bertz CT molecular complexity index is 151. The normalized spacial score (nSPS) is 8.70. The number of halogens is 1. The van der Waals surface area contributed by atoms with Gasteiger partial charge in [0.25, 0.3) is 4.82 Å². The Morgan fingerprint density at radius 2 is 2.20 bits per heavy atom. The maximum Gasteiger partial charge on any atom is 0.417 e. The molecular weight excluding hydrogens is 222 g/mol. The molecule has 0 aromatic heterocycles. The molecule has 0 atom stereocenters. The van der Waals surface area contributed by atoms with Crippen LogP contribution in [0.15, 0.2) is 0 Å². The molecular formula is C4H6BrNO3S. The third-order valence-corrected chi connectivity index (χ3v) is 1.39. The molecule has 0 radical (unpaired) electrons. The van der Waals surface area contributed by atoms with Crippen LogP contribution >= 0.6 is 28.6 Å². The molecule has 0 bridgehead atoms. The smallest absolute Gasteiger partial charge is 0.417 e. The summed E-state index contributed by atoms with van der Waals surface area (Å²) in [5.41, 5.74) is 0. The Balaban J connectivity index is 3.82. The van der Waals surface area contributed by atoms with Crippen LogP contribution in [0.5, 0.6) is 0 Å². The number of hydrogen-bond acceptors (Lipinski definition) is 4. The maximum atomic E-state index is 10.6. The second-order valence-corrected chi connectivity index (χ2v) is 2.29. The Hall–Kier alpha value is -0.230. The van der Waals surface area contributed by atoms with Crippen molar-refractivity contribution in [2.24, 2.45) is 0 Å². The van der Waals surface area contributed by atoms with E-state index in [1.165, 1.54) is 7.05 Å². The maximum absolute atomic E-state index is 10.6. The van der Waals surface area contributed by atoms with Gasteiger partial charge in [-0.05, 0) is 0 Å². The minimum Gasteiger partial charge on any atom is -0.438 e. The monoisotopic (exact) mass is 227 g/mol. The number of carbonyl (C=O) groups excluding carboxylic acids is 2. The Morgan fingerprint density at radius 3 is 2.50 bits per heavy atom. The highest BCUT2D eigenvalue weighted by Gasteiger charge is 2.13. The average molecular weight is 228 g/mol. The van der Waals surface area contributed by atoms with E-state index in [-0.39, 0.29) is 5.94 Å². The molecule has 0 aliphatic carbocycles. The first-order valence-corrected chi connectivity index (χ1v) is 3.73. The van der Waals surface area contributed by atoms with Crippen LogP contribution in [0.25, 0.3) is 0 Å². The number of imide groups is 1. The van der Waals surface area contributed by atoms with Crippen LogP contribution in [0.4, 0.5) is 9.59 Å². The summed E-state index contributed by atoms with van der Waals surface area (Å²) in [6, 6.07) is 0. The van der Waals surface area contributed by atoms with Crippen molar-refractivity contribution in [3.63, 3.8) is 0 Å². The fourth-order valence-corrected chi connectivity index (χ4v) is 0.479. The number of carbonyl (C=O) groups is 2. The predicted octanol–water partition coefficient (Wildman–Crippen LogP) is 1.46. The number of hydrogen-bond donors (Lipinski definition) is 1. The first-order valence-electron chi connectivity index (χ1n) is 2.30. The van der Waals surface area contributed by atoms with Crippen LogP contribution in [0.2, 0.25) is 0 Å². The minimum atomic E-state index is -0.725. The summed E-state index contributed by atoms with van der Waals surface area (Å²) in [6.07, 6.45) is -0.725. The van der Waals surface area contributed by atoms with Gasteiger partial charge in [0, 0.05) is 23.0 Å². The molecule has 0 saturated heterocycles. The quantitative estimate of drug-likeness (QED) is 0.320. The van der Waals surface area contributed by atoms with E-state index >= 15 is 0 Å². The summed E-state index contributed by atoms with van der Waals surface area (Å²) in [5, 5.41) is 0. The van der Waals surface area contributed by atoms with E-state index in [4.69, 9.17) is 0 Å². The predicted molar refractivity (Wildman–Crippen MR) is 42.4 cm³/mol. The lowest BCUT2D eigenvalue weighted by atomic mass is 10.9. The van der Waals surface area contributed by atoms with E-state index < -0.39 is 10.9 Å². The molecule has 6 heteroatoms. The molecule has 2 amide bonds.